The third-order valence-corrected chi connectivity index (χ3v) is 5.79. The van der Waals surface area contributed by atoms with Gasteiger partial charge in [0.2, 0.25) is 10.0 Å². The molecule has 1 fully saturated rings. The van der Waals surface area contributed by atoms with Crippen LogP contribution in [0.3, 0.4) is 0 Å². The van der Waals surface area contributed by atoms with Crippen LogP contribution in [0, 0.1) is 0 Å². The Bertz CT molecular complexity index is 786. The van der Waals surface area contributed by atoms with Crippen LogP contribution in [0.15, 0.2) is 47.9 Å². The van der Waals surface area contributed by atoms with Crippen molar-refractivity contribution < 1.29 is 21.9 Å². The highest BCUT2D eigenvalue weighted by Crippen LogP contribution is 2.38. The topological polar surface area (TPSA) is 86.1 Å². The van der Waals surface area contributed by atoms with Gasteiger partial charge in [-0.25, -0.2) is 13.1 Å². The molecule has 1 aliphatic rings. The second-order valence-corrected chi connectivity index (χ2v) is 7.64. The summed E-state index contributed by atoms with van der Waals surface area (Å²) in [4.78, 5) is 0.130. The standard InChI is InChI=1S/C15H18F2N4O3S/c16-14(17)24-15(21-10-18-19-11-21)8-4-5-12(9-15)20-25(22,23)13-6-2-1-3-7-13/h1-3,6-7,10-12,14,20H,4-5,8-9H2/t12-,15+/m0/s1. The second-order valence-electron chi connectivity index (χ2n) is 5.92. The molecule has 0 saturated heterocycles. The van der Waals surface area contributed by atoms with Crippen molar-refractivity contribution >= 4 is 10.0 Å². The highest BCUT2D eigenvalue weighted by atomic mass is 32.2. The Morgan fingerprint density at radius 3 is 2.56 bits per heavy atom. The van der Waals surface area contributed by atoms with Gasteiger partial charge in [-0.15, -0.1) is 10.2 Å². The van der Waals surface area contributed by atoms with Crippen LogP contribution in [0.2, 0.25) is 0 Å². The van der Waals surface area contributed by atoms with Crippen LogP contribution >= 0.6 is 0 Å². The smallest absolute Gasteiger partial charge is 0.296 e. The summed E-state index contributed by atoms with van der Waals surface area (Å²) in [5.41, 5.74) is -1.38. The molecule has 1 aliphatic carbocycles. The van der Waals surface area contributed by atoms with E-state index in [1.54, 1.807) is 18.2 Å². The Labute approximate surface area is 144 Å². The van der Waals surface area contributed by atoms with Crippen LogP contribution < -0.4 is 4.72 Å². The maximum absolute atomic E-state index is 13.0. The summed E-state index contributed by atoms with van der Waals surface area (Å²) in [6.45, 7) is -2.99. The minimum Gasteiger partial charge on any atom is -0.296 e. The van der Waals surface area contributed by atoms with Crippen LogP contribution in [0.1, 0.15) is 25.7 Å². The minimum absolute atomic E-state index is 0.0570. The van der Waals surface area contributed by atoms with Crippen LogP contribution in [0.4, 0.5) is 8.78 Å². The molecule has 1 saturated carbocycles. The summed E-state index contributed by atoms with van der Waals surface area (Å²) >= 11 is 0. The number of hydrogen-bond donors (Lipinski definition) is 1. The lowest BCUT2D eigenvalue weighted by Gasteiger charge is -2.40. The lowest BCUT2D eigenvalue weighted by molar-refractivity contribution is -0.256. The first-order valence-corrected chi connectivity index (χ1v) is 9.28. The first kappa shape index (κ1) is 17.9. The number of halogens is 2. The maximum atomic E-state index is 13.0. The molecule has 3 rings (SSSR count). The molecule has 0 amide bonds. The number of nitrogens with zero attached hydrogens (tertiary/aromatic N) is 3. The molecule has 2 atom stereocenters. The SMILES string of the molecule is O=S(=O)(N[C@H]1CCC[C@](OC(F)F)(n2cnnc2)C1)c1ccccc1. The van der Waals surface area contributed by atoms with Crippen molar-refractivity contribution in [3.8, 4) is 0 Å². The van der Waals surface area contributed by atoms with Gasteiger partial charge in [-0.1, -0.05) is 18.2 Å². The first-order valence-electron chi connectivity index (χ1n) is 7.80. The van der Waals surface area contributed by atoms with Crippen molar-refractivity contribution in [3.63, 3.8) is 0 Å². The van der Waals surface area contributed by atoms with E-state index in [0.717, 1.165) is 0 Å². The molecule has 7 nitrogen and oxygen atoms in total. The lowest BCUT2D eigenvalue weighted by Crippen LogP contribution is -2.49. The summed E-state index contributed by atoms with van der Waals surface area (Å²) in [5, 5.41) is 7.29. The number of hydrogen-bond acceptors (Lipinski definition) is 5. The monoisotopic (exact) mass is 372 g/mol. The van der Waals surface area contributed by atoms with Gasteiger partial charge in [-0.2, -0.15) is 8.78 Å². The van der Waals surface area contributed by atoms with E-state index in [0.29, 0.717) is 19.3 Å². The average molecular weight is 372 g/mol. The summed E-state index contributed by atoms with van der Waals surface area (Å²) in [6, 6.07) is 7.38. The predicted octanol–water partition coefficient (Wildman–Crippen LogP) is 2.09. The molecule has 10 heteroatoms. The van der Waals surface area contributed by atoms with Crippen LogP contribution in [-0.2, 0) is 20.5 Å². The van der Waals surface area contributed by atoms with Gasteiger partial charge in [0.1, 0.15) is 12.7 Å². The second kappa shape index (κ2) is 7.14. The van der Waals surface area contributed by atoms with Crippen molar-refractivity contribution in [2.75, 3.05) is 0 Å². The Hall–Kier alpha value is -1.91. The molecule has 25 heavy (non-hydrogen) atoms. The van der Waals surface area contributed by atoms with Crippen molar-refractivity contribution in [1.82, 2.24) is 19.5 Å². The molecule has 1 aromatic heterocycles. The summed E-state index contributed by atoms with van der Waals surface area (Å²) in [5.74, 6) is 0. The van der Waals surface area contributed by atoms with Crippen LogP contribution in [0.25, 0.3) is 0 Å². The predicted molar refractivity (Wildman–Crippen MR) is 84.1 cm³/mol. The van der Waals surface area contributed by atoms with Gasteiger partial charge in [-0.05, 0) is 31.4 Å². The maximum Gasteiger partial charge on any atom is 0.347 e. The average Bonchev–Trinajstić information content (AvgIpc) is 3.10. The highest BCUT2D eigenvalue weighted by molar-refractivity contribution is 7.89. The van der Waals surface area contributed by atoms with Gasteiger partial charge >= 0.3 is 6.61 Å². The third kappa shape index (κ3) is 4.02. The zero-order valence-electron chi connectivity index (χ0n) is 13.3. The molecule has 1 aromatic carbocycles. The van der Waals surface area contributed by atoms with Gasteiger partial charge < -0.3 is 0 Å². The summed E-state index contributed by atoms with van der Waals surface area (Å²) < 4.78 is 59.8. The molecule has 0 unspecified atom stereocenters. The molecule has 2 aromatic rings. The molecule has 0 aliphatic heterocycles. The number of sulfonamides is 1. The van der Waals surface area contributed by atoms with Crippen LogP contribution in [0.5, 0.6) is 0 Å². The summed E-state index contributed by atoms with van der Waals surface area (Å²) in [7, 11) is -3.74. The Morgan fingerprint density at radius 2 is 1.92 bits per heavy atom. The van der Waals surface area contributed by atoms with Crippen LogP contribution in [-0.4, -0.2) is 35.8 Å². The fraction of sp³-hybridized carbons (Fsp3) is 0.467. The van der Waals surface area contributed by atoms with E-state index in [4.69, 9.17) is 4.74 Å². The number of rotatable bonds is 6. The summed E-state index contributed by atoms with van der Waals surface area (Å²) in [6.07, 6.45) is 4.03. The molecule has 1 N–H and O–H groups in total. The quantitative estimate of drug-likeness (QED) is 0.839. The fourth-order valence-electron chi connectivity index (χ4n) is 3.18. The van der Waals surface area contributed by atoms with Gasteiger partial charge in [-0.3, -0.25) is 9.30 Å². The first-order chi connectivity index (χ1) is 11.9. The van der Waals surface area contributed by atoms with E-state index >= 15 is 0 Å². The molecule has 136 valence electrons. The number of nitrogens with one attached hydrogen (secondary N) is 1. The third-order valence-electron chi connectivity index (χ3n) is 4.26. The van der Waals surface area contributed by atoms with Crippen molar-refractivity contribution in [1.29, 1.82) is 0 Å². The number of ether oxygens (including phenoxy) is 1. The lowest BCUT2D eigenvalue weighted by atomic mass is 9.88. The van der Waals surface area contributed by atoms with E-state index in [9.17, 15) is 17.2 Å². The molecule has 0 spiro atoms. The number of aromatic nitrogens is 3. The molecule has 1 heterocycles. The van der Waals surface area contributed by atoms with Crippen molar-refractivity contribution in [3.05, 3.63) is 43.0 Å². The zero-order valence-corrected chi connectivity index (χ0v) is 14.1. The van der Waals surface area contributed by atoms with E-state index in [1.165, 1.54) is 29.4 Å². The number of alkyl halides is 2. The largest absolute Gasteiger partial charge is 0.347 e. The normalized spacial score (nSPS) is 24.5. The highest BCUT2D eigenvalue weighted by Gasteiger charge is 2.42. The van der Waals surface area contributed by atoms with E-state index in [-0.39, 0.29) is 11.3 Å². The van der Waals surface area contributed by atoms with Gasteiger partial charge in [0, 0.05) is 12.5 Å². The van der Waals surface area contributed by atoms with E-state index < -0.39 is 28.4 Å². The Balaban J connectivity index is 1.82. The zero-order chi connectivity index (χ0) is 17.9. The number of benzene rings is 1. The molecular formula is C15H18F2N4O3S. The minimum atomic E-state index is -3.74. The van der Waals surface area contributed by atoms with Gasteiger partial charge in [0.15, 0.2) is 5.72 Å². The van der Waals surface area contributed by atoms with Gasteiger partial charge in [0.05, 0.1) is 4.90 Å². The fourth-order valence-corrected chi connectivity index (χ4v) is 4.47. The molecular weight excluding hydrogens is 354 g/mol. The molecule has 0 radical (unpaired) electrons. The van der Waals surface area contributed by atoms with Gasteiger partial charge in [0.25, 0.3) is 0 Å². The Morgan fingerprint density at radius 1 is 1.24 bits per heavy atom. The molecule has 0 bridgehead atoms. The Kier molecular flexibility index (Phi) is 5.11. The van der Waals surface area contributed by atoms with E-state index in [2.05, 4.69) is 14.9 Å². The van der Waals surface area contributed by atoms with Crippen molar-refractivity contribution in [2.45, 2.75) is 49.0 Å². The van der Waals surface area contributed by atoms with E-state index in [1.807, 2.05) is 0 Å². The van der Waals surface area contributed by atoms with Crippen molar-refractivity contribution in [2.24, 2.45) is 0 Å².